The first kappa shape index (κ1) is 41.9. The summed E-state index contributed by atoms with van der Waals surface area (Å²) in [5.74, 6) is 0. The van der Waals surface area contributed by atoms with Gasteiger partial charge in [-0.3, -0.25) is 0 Å². The fraction of sp³-hybridized carbons (Fsp3) is 1.00. The summed E-state index contributed by atoms with van der Waals surface area (Å²) in [4.78, 5) is 5.59. The van der Waals surface area contributed by atoms with E-state index >= 15 is 0 Å². The Morgan fingerprint density at radius 1 is 0.214 bits per heavy atom. The van der Waals surface area contributed by atoms with Gasteiger partial charge in [0.2, 0.25) is 0 Å². The molecule has 0 unspecified atom stereocenters. The number of likely N-dealkylation sites (N-methyl/N-ethyl adjacent to an activating group) is 1. The SMILES string of the molecule is CCCCCCCCCCCCN(CC)CCN(CCCCCCCCCCCC)CCCCCCCCCCCC. The molecule has 0 saturated carbocycles. The van der Waals surface area contributed by atoms with Gasteiger partial charge in [0.15, 0.2) is 0 Å². The normalized spacial score (nSPS) is 11.9. The standard InChI is InChI=1S/C40H84N2/c1-5-9-12-15-18-21-24-27-30-33-36-41(8-4)39-40-42(37-34-31-28-25-22-19-16-13-10-6-2)38-35-32-29-26-23-20-17-14-11-7-3/h5-40H2,1-4H3. The molecule has 0 aliphatic carbocycles. The molecule has 0 radical (unpaired) electrons. The molecule has 42 heavy (non-hydrogen) atoms. The molecule has 0 aliphatic rings. The van der Waals surface area contributed by atoms with E-state index in [0.717, 1.165) is 0 Å². The molecule has 0 fully saturated rings. The zero-order valence-electron chi connectivity index (χ0n) is 30.4. The summed E-state index contributed by atoms with van der Waals surface area (Å²) < 4.78 is 0. The summed E-state index contributed by atoms with van der Waals surface area (Å²) >= 11 is 0. The Bertz CT molecular complexity index is 441. The second-order valence-electron chi connectivity index (χ2n) is 13.8. The predicted molar refractivity (Wildman–Crippen MR) is 194 cm³/mol. The molecule has 0 rings (SSSR count). The predicted octanol–water partition coefficient (Wildman–Crippen LogP) is 13.4. The van der Waals surface area contributed by atoms with Crippen LogP contribution in [0.25, 0.3) is 0 Å². The minimum Gasteiger partial charge on any atom is -0.302 e. The molecule has 0 aliphatic heterocycles. The zero-order valence-corrected chi connectivity index (χ0v) is 30.4. The maximum atomic E-state index is 2.84. The van der Waals surface area contributed by atoms with Crippen LogP contribution in [-0.2, 0) is 0 Å². The molecular weight excluding hydrogens is 508 g/mol. The number of unbranched alkanes of at least 4 members (excludes halogenated alkanes) is 27. The van der Waals surface area contributed by atoms with E-state index in [1.807, 2.05) is 0 Å². The van der Waals surface area contributed by atoms with Gasteiger partial charge in [0.05, 0.1) is 0 Å². The first-order valence-electron chi connectivity index (χ1n) is 20.2. The van der Waals surface area contributed by atoms with Crippen molar-refractivity contribution in [1.29, 1.82) is 0 Å². The highest BCUT2D eigenvalue weighted by molar-refractivity contribution is 4.65. The molecule has 0 spiro atoms. The smallest absolute Gasteiger partial charge is 0.0109 e. The lowest BCUT2D eigenvalue weighted by molar-refractivity contribution is 0.200. The Balaban J connectivity index is 4.14. The lowest BCUT2D eigenvalue weighted by atomic mass is 10.1. The zero-order chi connectivity index (χ0) is 30.6. The van der Waals surface area contributed by atoms with Gasteiger partial charge in [-0.1, -0.05) is 201 Å². The van der Waals surface area contributed by atoms with Crippen molar-refractivity contribution in [3.05, 3.63) is 0 Å². The van der Waals surface area contributed by atoms with Gasteiger partial charge < -0.3 is 9.80 Å². The summed E-state index contributed by atoms with van der Waals surface area (Å²) in [5, 5.41) is 0. The van der Waals surface area contributed by atoms with Crippen LogP contribution in [0, 0.1) is 0 Å². The van der Waals surface area contributed by atoms with Crippen molar-refractivity contribution in [3.63, 3.8) is 0 Å². The van der Waals surface area contributed by atoms with Gasteiger partial charge in [-0.05, 0) is 45.4 Å². The van der Waals surface area contributed by atoms with Gasteiger partial charge in [0.25, 0.3) is 0 Å². The van der Waals surface area contributed by atoms with Gasteiger partial charge in [-0.15, -0.1) is 0 Å². The third kappa shape index (κ3) is 32.8. The van der Waals surface area contributed by atoms with Crippen LogP contribution in [0.3, 0.4) is 0 Å². The van der Waals surface area contributed by atoms with E-state index < -0.39 is 0 Å². The number of nitrogens with zero attached hydrogens (tertiary/aromatic N) is 2. The van der Waals surface area contributed by atoms with Crippen LogP contribution in [0.1, 0.15) is 220 Å². The summed E-state index contributed by atoms with van der Waals surface area (Å²) in [6, 6.07) is 0. The molecule has 0 aromatic rings. The fourth-order valence-electron chi connectivity index (χ4n) is 6.51. The molecule has 0 aromatic heterocycles. The molecular formula is C40H84N2. The van der Waals surface area contributed by atoms with Gasteiger partial charge in [0.1, 0.15) is 0 Å². The van der Waals surface area contributed by atoms with Crippen molar-refractivity contribution in [2.75, 3.05) is 39.3 Å². The second kappa shape index (κ2) is 37.1. The highest BCUT2D eigenvalue weighted by Crippen LogP contribution is 2.14. The van der Waals surface area contributed by atoms with Crippen LogP contribution in [0.4, 0.5) is 0 Å². The van der Waals surface area contributed by atoms with Crippen molar-refractivity contribution in [2.24, 2.45) is 0 Å². The van der Waals surface area contributed by atoms with E-state index in [9.17, 15) is 0 Å². The quantitative estimate of drug-likeness (QED) is 0.0662. The molecule has 0 bridgehead atoms. The molecule has 0 aromatic carbocycles. The summed E-state index contributed by atoms with van der Waals surface area (Å²) in [5.41, 5.74) is 0. The van der Waals surface area contributed by atoms with E-state index in [0.29, 0.717) is 0 Å². The highest BCUT2D eigenvalue weighted by atomic mass is 15.2. The van der Waals surface area contributed by atoms with Crippen LogP contribution in [-0.4, -0.2) is 49.1 Å². The Kier molecular flexibility index (Phi) is 37.0. The fourth-order valence-corrected chi connectivity index (χ4v) is 6.51. The van der Waals surface area contributed by atoms with Crippen LogP contribution in [0.2, 0.25) is 0 Å². The van der Waals surface area contributed by atoms with E-state index in [4.69, 9.17) is 0 Å². The summed E-state index contributed by atoms with van der Waals surface area (Å²) in [7, 11) is 0. The van der Waals surface area contributed by atoms with E-state index in [2.05, 4.69) is 37.5 Å². The van der Waals surface area contributed by atoms with Crippen molar-refractivity contribution >= 4 is 0 Å². The maximum Gasteiger partial charge on any atom is 0.0109 e. The highest BCUT2D eigenvalue weighted by Gasteiger charge is 2.09. The maximum absolute atomic E-state index is 2.84. The third-order valence-corrected chi connectivity index (χ3v) is 9.66. The Morgan fingerprint density at radius 2 is 0.429 bits per heavy atom. The Labute approximate surface area is 268 Å². The van der Waals surface area contributed by atoms with Crippen LogP contribution >= 0.6 is 0 Å². The topological polar surface area (TPSA) is 6.48 Å². The van der Waals surface area contributed by atoms with Gasteiger partial charge >= 0.3 is 0 Å². The Hall–Kier alpha value is -0.0800. The minimum absolute atomic E-state index is 1.22. The Morgan fingerprint density at radius 3 is 0.690 bits per heavy atom. The monoisotopic (exact) mass is 593 g/mol. The lowest BCUT2D eigenvalue weighted by Gasteiger charge is -2.27. The molecule has 0 heterocycles. The van der Waals surface area contributed by atoms with E-state index in [1.165, 1.54) is 232 Å². The second-order valence-corrected chi connectivity index (χ2v) is 13.8. The van der Waals surface area contributed by atoms with E-state index in [-0.39, 0.29) is 0 Å². The van der Waals surface area contributed by atoms with Gasteiger partial charge in [0, 0.05) is 13.1 Å². The van der Waals surface area contributed by atoms with Crippen LogP contribution in [0.5, 0.6) is 0 Å². The lowest BCUT2D eigenvalue weighted by Crippen LogP contribution is -2.36. The number of rotatable bonds is 37. The van der Waals surface area contributed by atoms with Crippen LogP contribution in [0.15, 0.2) is 0 Å². The molecule has 254 valence electrons. The average Bonchev–Trinajstić information content (AvgIpc) is 3.00. The largest absolute Gasteiger partial charge is 0.302 e. The average molecular weight is 593 g/mol. The first-order valence-corrected chi connectivity index (χ1v) is 20.2. The van der Waals surface area contributed by atoms with Crippen molar-refractivity contribution < 1.29 is 0 Å². The third-order valence-electron chi connectivity index (χ3n) is 9.66. The van der Waals surface area contributed by atoms with Gasteiger partial charge in [-0.2, -0.15) is 0 Å². The number of hydrogen-bond acceptors (Lipinski definition) is 2. The first-order chi connectivity index (χ1) is 20.8. The molecule has 0 saturated heterocycles. The van der Waals surface area contributed by atoms with Crippen LogP contribution < -0.4 is 0 Å². The minimum atomic E-state index is 1.22. The van der Waals surface area contributed by atoms with E-state index in [1.54, 1.807) is 0 Å². The van der Waals surface area contributed by atoms with Crippen molar-refractivity contribution in [1.82, 2.24) is 9.80 Å². The molecule has 0 atom stereocenters. The molecule has 2 nitrogen and oxygen atoms in total. The van der Waals surface area contributed by atoms with Gasteiger partial charge in [-0.25, -0.2) is 0 Å². The van der Waals surface area contributed by atoms with Crippen molar-refractivity contribution in [2.45, 2.75) is 220 Å². The van der Waals surface area contributed by atoms with Crippen molar-refractivity contribution in [3.8, 4) is 0 Å². The number of hydrogen-bond donors (Lipinski definition) is 0. The summed E-state index contributed by atoms with van der Waals surface area (Å²) in [6.07, 6.45) is 43.3. The molecule has 0 amide bonds. The summed E-state index contributed by atoms with van der Waals surface area (Å²) in [6.45, 7) is 17.1. The molecule has 2 heteroatoms. The molecule has 0 N–H and O–H groups in total.